The van der Waals surface area contributed by atoms with Crippen LogP contribution in [0.1, 0.15) is 19.4 Å². The van der Waals surface area contributed by atoms with E-state index >= 15 is 0 Å². The molecule has 18 heavy (non-hydrogen) atoms. The number of amides is 1. The molecule has 0 heterocycles. The molecule has 0 atom stereocenters. The van der Waals surface area contributed by atoms with Crippen LogP contribution >= 0.6 is 11.8 Å². The zero-order chi connectivity index (χ0) is 13.5. The monoisotopic (exact) mass is 267 g/mol. The van der Waals surface area contributed by atoms with Crippen LogP contribution in [0.15, 0.2) is 29.4 Å². The van der Waals surface area contributed by atoms with E-state index in [4.69, 9.17) is 10.6 Å². The number of carbonyl (C=O) groups is 1. The molecule has 1 aromatic carbocycles. The SMILES string of the molecule is CS/C(=N\N)c1ccc(NC(=O)OC(C)C)cc1. The average molecular weight is 267 g/mol. The van der Waals surface area contributed by atoms with Crippen LogP contribution in [0.3, 0.4) is 0 Å². The van der Waals surface area contributed by atoms with E-state index < -0.39 is 6.09 Å². The van der Waals surface area contributed by atoms with Crippen LogP contribution in [0.2, 0.25) is 0 Å². The third-order valence-electron chi connectivity index (χ3n) is 2.03. The van der Waals surface area contributed by atoms with E-state index in [1.807, 2.05) is 18.4 Å². The number of hydrogen-bond donors (Lipinski definition) is 2. The number of nitrogens with zero attached hydrogens (tertiary/aromatic N) is 1. The van der Waals surface area contributed by atoms with Crippen LogP contribution in [-0.2, 0) is 4.74 Å². The lowest BCUT2D eigenvalue weighted by atomic mass is 10.2. The summed E-state index contributed by atoms with van der Waals surface area (Å²) in [5.74, 6) is 5.27. The molecule has 98 valence electrons. The van der Waals surface area contributed by atoms with Gasteiger partial charge in [-0.3, -0.25) is 5.32 Å². The molecule has 1 amide bonds. The summed E-state index contributed by atoms with van der Waals surface area (Å²) in [7, 11) is 0. The summed E-state index contributed by atoms with van der Waals surface area (Å²) in [6, 6.07) is 7.23. The molecule has 0 radical (unpaired) electrons. The Balaban J connectivity index is 2.69. The van der Waals surface area contributed by atoms with E-state index in [9.17, 15) is 4.79 Å². The second kappa shape index (κ2) is 6.90. The number of benzene rings is 1. The first-order chi connectivity index (χ1) is 8.56. The highest BCUT2D eigenvalue weighted by Crippen LogP contribution is 2.14. The van der Waals surface area contributed by atoms with Crippen molar-refractivity contribution in [2.24, 2.45) is 10.9 Å². The molecule has 0 aromatic heterocycles. The minimum atomic E-state index is -0.463. The van der Waals surface area contributed by atoms with Gasteiger partial charge in [0.25, 0.3) is 0 Å². The minimum absolute atomic E-state index is 0.142. The van der Waals surface area contributed by atoms with Gasteiger partial charge in [0.1, 0.15) is 5.04 Å². The third-order valence-corrected chi connectivity index (χ3v) is 2.76. The Morgan fingerprint density at radius 2 is 2.00 bits per heavy atom. The highest BCUT2D eigenvalue weighted by Gasteiger charge is 2.06. The summed E-state index contributed by atoms with van der Waals surface area (Å²) < 4.78 is 4.98. The standard InChI is InChI=1S/C12H17N3O2S/c1-8(2)17-12(16)14-10-6-4-9(5-7-10)11(15-13)18-3/h4-8H,13H2,1-3H3,(H,14,16)/b15-11-. The lowest BCUT2D eigenvalue weighted by Gasteiger charge is -2.10. The van der Waals surface area contributed by atoms with Gasteiger partial charge in [-0.05, 0) is 32.2 Å². The molecule has 1 rings (SSSR count). The van der Waals surface area contributed by atoms with Crippen LogP contribution in [0.4, 0.5) is 10.5 Å². The molecule has 0 aliphatic carbocycles. The highest BCUT2D eigenvalue weighted by atomic mass is 32.2. The van der Waals surface area contributed by atoms with Crippen molar-refractivity contribution in [1.82, 2.24) is 0 Å². The van der Waals surface area contributed by atoms with Crippen LogP contribution in [0.5, 0.6) is 0 Å². The molecule has 3 N–H and O–H groups in total. The molecular weight excluding hydrogens is 250 g/mol. The number of nitrogens with one attached hydrogen (secondary N) is 1. The number of hydrogen-bond acceptors (Lipinski definition) is 5. The molecule has 1 aromatic rings. The molecule has 0 saturated carbocycles. The van der Waals surface area contributed by atoms with Crippen molar-refractivity contribution in [3.8, 4) is 0 Å². The second-order valence-corrected chi connectivity index (χ2v) is 4.59. The second-order valence-electron chi connectivity index (χ2n) is 3.79. The molecular formula is C12H17N3O2S. The smallest absolute Gasteiger partial charge is 0.411 e. The van der Waals surface area contributed by atoms with Crippen molar-refractivity contribution < 1.29 is 9.53 Å². The van der Waals surface area contributed by atoms with Crippen molar-refractivity contribution in [2.75, 3.05) is 11.6 Å². The summed E-state index contributed by atoms with van der Waals surface area (Å²) in [4.78, 5) is 11.4. The van der Waals surface area contributed by atoms with Gasteiger partial charge in [-0.1, -0.05) is 12.1 Å². The quantitative estimate of drug-likeness (QED) is 0.382. The van der Waals surface area contributed by atoms with E-state index in [1.165, 1.54) is 11.8 Å². The van der Waals surface area contributed by atoms with E-state index in [0.29, 0.717) is 5.69 Å². The molecule has 6 heteroatoms. The van der Waals surface area contributed by atoms with Crippen LogP contribution < -0.4 is 11.2 Å². The van der Waals surface area contributed by atoms with Gasteiger partial charge in [-0.2, -0.15) is 5.10 Å². The Kier molecular flexibility index (Phi) is 5.51. The lowest BCUT2D eigenvalue weighted by molar-refractivity contribution is 0.130. The fraction of sp³-hybridized carbons (Fsp3) is 0.333. The Bertz CT molecular complexity index is 429. The average Bonchev–Trinajstić information content (AvgIpc) is 2.31. The summed E-state index contributed by atoms with van der Waals surface area (Å²) in [5.41, 5.74) is 1.58. The molecule has 0 saturated heterocycles. The van der Waals surface area contributed by atoms with Crippen molar-refractivity contribution in [3.63, 3.8) is 0 Å². The van der Waals surface area contributed by atoms with Crippen LogP contribution in [0, 0.1) is 0 Å². The predicted octanol–water partition coefficient (Wildman–Crippen LogP) is 2.63. The number of hydrazone groups is 1. The molecule has 0 unspecified atom stereocenters. The Morgan fingerprint density at radius 3 is 2.44 bits per heavy atom. The maximum atomic E-state index is 11.4. The number of anilines is 1. The van der Waals surface area contributed by atoms with Crippen molar-refractivity contribution in [1.29, 1.82) is 0 Å². The topological polar surface area (TPSA) is 76.7 Å². The number of ether oxygens (including phenoxy) is 1. The zero-order valence-electron chi connectivity index (χ0n) is 10.6. The molecule has 0 bridgehead atoms. The predicted molar refractivity (Wildman–Crippen MR) is 75.9 cm³/mol. The molecule has 0 aliphatic heterocycles. The number of thioether (sulfide) groups is 1. The summed E-state index contributed by atoms with van der Waals surface area (Å²) >= 11 is 1.46. The van der Waals surface area contributed by atoms with E-state index in [2.05, 4.69) is 10.4 Å². The molecule has 0 spiro atoms. The molecule has 0 fully saturated rings. The number of nitrogens with two attached hydrogens (primary N) is 1. The van der Waals surface area contributed by atoms with Crippen molar-refractivity contribution >= 4 is 28.6 Å². The van der Waals surface area contributed by atoms with E-state index in [-0.39, 0.29) is 6.10 Å². The van der Waals surface area contributed by atoms with Crippen molar-refractivity contribution in [3.05, 3.63) is 29.8 Å². The zero-order valence-corrected chi connectivity index (χ0v) is 11.5. The van der Waals surface area contributed by atoms with Gasteiger partial charge in [-0.15, -0.1) is 11.8 Å². The van der Waals surface area contributed by atoms with Crippen LogP contribution in [0.25, 0.3) is 0 Å². The van der Waals surface area contributed by atoms with E-state index in [1.54, 1.807) is 26.0 Å². The lowest BCUT2D eigenvalue weighted by Crippen LogP contribution is -2.17. The fourth-order valence-corrected chi connectivity index (χ4v) is 1.78. The van der Waals surface area contributed by atoms with Gasteiger partial charge in [0, 0.05) is 11.3 Å². The van der Waals surface area contributed by atoms with Crippen LogP contribution in [-0.4, -0.2) is 23.5 Å². The minimum Gasteiger partial charge on any atom is -0.447 e. The normalized spacial score (nSPS) is 11.4. The summed E-state index contributed by atoms with van der Waals surface area (Å²) in [5, 5.41) is 7.05. The maximum absolute atomic E-state index is 11.4. The van der Waals surface area contributed by atoms with Gasteiger partial charge in [0.05, 0.1) is 6.10 Å². The molecule has 0 aliphatic rings. The summed E-state index contributed by atoms with van der Waals surface area (Å²) in [6.07, 6.45) is 1.30. The van der Waals surface area contributed by atoms with Gasteiger partial charge in [0.15, 0.2) is 0 Å². The fourth-order valence-electron chi connectivity index (χ4n) is 1.30. The Labute approximate surface area is 111 Å². The first-order valence-electron chi connectivity index (χ1n) is 5.46. The van der Waals surface area contributed by atoms with Gasteiger partial charge in [0.2, 0.25) is 0 Å². The van der Waals surface area contributed by atoms with Gasteiger partial charge in [-0.25, -0.2) is 4.79 Å². The first kappa shape index (κ1) is 14.4. The van der Waals surface area contributed by atoms with Gasteiger partial charge < -0.3 is 10.6 Å². The highest BCUT2D eigenvalue weighted by molar-refractivity contribution is 8.13. The molecule has 5 nitrogen and oxygen atoms in total. The summed E-state index contributed by atoms with van der Waals surface area (Å²) in [6.45, 7) is 3.59. The number of carbonyl (C=O) groups excluding carboxylic acids is 1. The Hall–Kier alpha value is -1.69. The third kappa shape index (κ3) is 4.29. The maximum Gasteiger partial charge on any atom is 0.411 e. The van der Waals surface area contributed by atoms with Crippen molar-refractivity contribution in [2.45, 2.75) is 20.0 Å². The largest absolute Gasteiger partial charge is 0.447 e. The van der Waals surface area contributed by atoms with Gasteiger partial charge >= 0.3 is 6.09 Å². The Morgan fingerprint density at radius 1 is 1.39 bits per heavy atom. The number of rotatable bonds is 3. The first-order valence-corrected chi connectivity index (χ1v) is 6.69. The van der Waals surface area contributed by atoms with E-state index in [0.717, 1.165) is 10.6 Å².